The minimum absolute atomic E-state index is 0.00854. The molecule has 6 nitrogen and oxygen atoms in total. The van der Waals surface area contributed by atoms with Crippen molar-refractivity contribution in [2.75, 3.05) is 12.0 Å². The van der Waals surface area contributed by atoms with E-state index in [2.05, 4.69) is 9.97 Å². The molecule has 0 saturated carbocycles. The molecule has 108 valence electrons. The van der Waals surface area contributed by atoms with Gasteiger partial charge in [0, 0.05) is 11.8 Å². The van der Waals surface area contributed by atoms with Crippen molar-refractivity contribution in [2.45, 2.75) is 4.90 Å². The molecule has 0 saturated heterocycles. The maximum Gasteiger partial charge on any atom is 0.175 e. The van der Waals surface area contributed by atoms with Crippen LogP contribution in [0.3, 0.4) is 0 Å². The third kappa shape index (κ3) is 2.43. The van der Waals surface area contributed by atoms with E-state index in [1.165, 1.54) is 12.1 Å². The van der Waals surface area contributed by atoms with E-state index >= 15 is 0 Å². The van der Waals surface area contributed by atoms with Crippen LogP contribution in [0.25, 0.3) is 22.4 Å². The highest BCUT2D eigenvalue weighted by Gasteiger charge is 2.11. The van der Waals surface area contributed by atoms with Gasteiger partial charge in [0.1, 0.15) is 11.6 Å². The Morgan fingerprint density at radius 1 is 1.19 bits per heavy atom. The van der Waals surface area contributed by atoms with Gasteiger partial charge in [0.15, 0.2) is 9.84 Å². The molecular formula is C14H13N3O3S. The summed E-state index contributed by atoms with van der Waals surface area (Å²) in [6, 6.07) is 9.49. The van der Waals surface area contributed by atoms with E-state index in [0.717, 1.165) is 6.26 Å². The summed E-state index contributed by atoms with van der Waals surface area (Å²) >= 11 is 0. The number of imidazole rings is 1. The fourth-order valence-electron chi connectivity index (χ4n) is 2.06. The molecule has 0 radical (unpaired) electrons. The molecule has 21 heavy (non-hydrogen) atoms. The van der Waals surface area contributed by atoms with Crippen molar-refractivity contribution in [3.05, 3.63) is 36.4 Å². The Kier molecular flexibility index (Phi) is 2.87. The summed E-state index contributed by atoms with van der Waals surface area (Å²) in [4.78, 5) is 7.68. The van der Waals surface area contributed by atoms with Gasteiger partial charge in [0.05, 0.1) is 21.6 Å². The number of aromatic nitrogens is 2. The normalized spacial score (nSPS) is 11.9. The van der Waals surface area contributed by atoms with Gasteiger partial charge in [-0.1, -0.05) is 0 Å². The molecule has 0 atom stereocenters. The van der Waals surface area contributed by atoms with Crippen LogP contribution in [-0.4, -0.2) is 29.7 Å². The van der Waals surface area contributed by atoms with Gasteiger partial charge in [-0.2, -0.15) is 0 Å². The summed E-state index contributed by atoms with van der Waals surface area (Å²) in [5, 5.41) is 9.43. The summed E-state index contributed by atoms with van der Waals surface area (Å²) in [6.45, 7) is 0. The van der Waals surface area contributed by atoms with E-state index in [1.807, 2.05) is 0 Å². The molecule has 1 heterocycles. The summed E-state index contributed by atoms with van der Waals surface area (Å²) in [6.07, 6.45) is 1.16. The molecular weight excluding hydrogens is 290 g/mol. The topological polar surface area (TPSA) is 109 Å². The number of H-pyrrole nitrogens is 1. The molecule has 0 bridgehead atoms. The summed E-state index contributed by atoms with van der Waals surface area (Å²) in [7, 11) is -3.26. The molecule has 1 aromatic heterocycles. The number of aromatic amines is 1. The maximum absolute atomic E-state index is 11.6. The monoisotopic (exact) mass is 303 g/mol. The van der Waals surface area contributed by atoms with Gasteiger partial charge in [-0.25, -0.2) is 13.4 Å². The zero-order valence-corrected chi connectivity index (χ0v) is 12.0. The Hall–Kier alpha value is -2.54. The lowest BCUT2D eigenvalue weighted by Gasteiger charge is -2.00. The number of anilines is 1. The first-order valence-corrected chi connectivity index (χ1v) is 8.02. The Morgan fingerprint density at radius 2 is 1.95 bits per heavy atom. The number of phenols is 1. The third-order valence-corrected chi connectivity index (χ3v) is 4.29. The van der Waals surface area contributed by atoms with E-state index in [4.69, 9.17) is 5.73 Å². The number of benzene rings is 2. The number of aromatic hydroxyl groups is 1. The second-order valence-corrected chi connectivity index (χ2v) is 6.83. The van der Waals surface area contributed by atoms with Crippen LogP contribution in [0.15, 0.2) is 41.3 Å². The molecule has 0 spiro atoms. The number of phenolic OH excluding ortho intramolecular Hbond substituents is 1. The number of hydrogen-bond donors (Lipinski definition) is 3. The lowest BCUT2D eigenvalue weighted by Crippen LogP contribution is -1.96. The smallest absolute Gasteiger partial charge is 0.175 e. The predicted octanol–water partition coefficient (Wildman–Crippen LogP) is 1.92. The van der Waals surface area contributed by atoms with Crippen LogP contribution in [0, 0.1) is 0 Å². The Morgan fingerprint density at radius 3 is 2.62 bits per heavy atom. The van der Waals surface area contributed by atoms with Gasteiger partial charge in [-0.3, -0.25) is 0 Å². The van der Waals surface area contributed by atoms with Crippen molar-refractivity contribution in [3.8, 4) is 17.1 Å². The second kappa shape index (κ2) is 4.49. The fraction of sp³-hybridized carbons (Fsp3) is 0.0714. The van der Waals surface area contributed by atoms with Crippen molar-refractivity contribution >= 4 is 26.6 Å². The quantitative estimate of drug-likeness (QED) is 0.495. The minimum atomic E-state index is -3.26. The number of nitrogens with zero attached hydrogens (tertiary/aromatic N) is 1. The van der Waals surface area contributed by atoms with Gasteiger partial charge >= 0.3 is 0 Å². The number of sulfone groups is 1. The number of nitrogens with one attached hydrogen (secondary N) is 1. The molecule has 0 aliphatic carbocycles. The van der Waals surface area contributed by atoms with Gasteiger partial charge in [-0.15, -0.1) is 0 Å². The number of nitrogens with two attached hydrogens (primary N) is 1. The van der Waals surface area contributed by atoms with E-state index < -0.39 is 9.84 Å². The highest BCUT2D eigenvalue weighted by molar-refractivity contribution is 7.90. The van der Waals surface area contributed by atoms with Crippen LogP contribution in [0.1, 0.15) is 0 Å². The predicted molar refractivity (Wildman–Crippen MR) is 80.7 cm³/mol. The Balaban J connectivity index is 2.14. The Labute approximate surface area is 121 Å². The van der Waals surface area contributed by atoms with Crippen molar-refractivity contribution in [1.82, 2.24) is 9.97 Å². The highest BCUT2D eigenvalue weighted by atomic mass is 32.2. The molecule has 3 aromatic rings. The van der Waals surface area contributed by atoms with Gasteiger partial charge < -0.3 is 15.8 Å². The molecule has 0 unspecified atom stereocenters. The van der Waals surface area contributed by atoms with E-state index in [1.54, 1.807) is 24.3 Å². The third-order valence-electron chi connectivity index (χ3n) is 3.18. The number of hydrogen-bond acceptors (Lipinski definition) is 5. The summed E-state index contributed by atoms with van der Waals surface area (Å²) in [5.74, 6) is 0.566. The van der Waals surface area contributed by atoms with E-state index in [0.29, 0.717) is 22.4 Å². The first kappa shape index (κ1) is 13.4. The second-order valence-electron chi connectivity index (χ2n) is 4.81. The number of fused-ring (bicyclic) bond motifs is 1. The zero-order chi connectivity index (χ0) is 15.2. The largest absolute Gasteiger partial charge is 0.506 e. The lowest BCUT2D eigenvalue weighted by molar-refractivity contribution is 0.478. The van der Waals surface area contributed by atoms with Crippen LogP contribution >= 0.6 is 0 Å². The summed E-state index contributed by atoms with van der Waals surface area (Å²) in [5.41, 5.74) is 7.91. The molecule has 0 fully saturated rings. The highest BCUT2D eigenvalue weighted by Crippen LogP contribution is 2.28. The number of rotatable bonds is 2. The molecule has 7 heteroatoms. The fourth-order valence-corrected chi connectivity index (χ4v) is 2.71. The van der Waals surface area contributed by atoms with Gasteiger partial charge in [0.25, 0.3) is 0 Å². The molecule has 0 amide bonds. The molecule has 0 aliphatic heterocycles. The minimum Gasteiger partial charge on any atom is -0.506 e. The average Bonchev–Trinajstić information content (AvgIpc) is 2.83. The lowest BCUT2D eigenvalue weighted by atomic mass is 10.2. The number of nitrogen functional groups attached to an aromatic ring is 1. The van der Waals surface area contributed by atoms with Crippen LogP contribution in [0.5, 0.6) is 5.75 Å². The van der Waals surface area contributed by atoms with Gasteiger partial charge in [0.2, 0.25) is 0 Å². The first-order chi connectivity index (χ1) is 9.84. The molecule has 4 N–H and O–H groups in total. The maximum atomic E-state index is 11.6. The van der Waals surface area contributed by atoms with Gasteiger partial charge in [-0.05, 0) is 36.4 Å². The zero-order valence-electron chi connectivity index (χ0n) is 11.2. The van der Waals surface area contributed by atoms with Crippen molar-refractivity contribution in [1.29, 1.82) is 0 Å². The van der Waals surface area contributed by atoms with E-state index in [9.17, 15) is 13.5 Å². The molecule has 0 aliphatic rings. The van der Waals surface area contributed by atoms with Crippen molar-refractivity contribution < 1.29 is 13.5 Å². The van der Waals surface area contributed by atoms with Crippen LogP contribution in [0.2, 0.25) is 0 Å². The van der Waals surface area contributed by atoms with Crippen molar-refractivity contribution in [3.63, 3.8) is 0 Å². The van der Waals surface area contributed by atoms with Crippen LogP contribution < -0.4 is 5.73 Å². The molecule has 3 rings (SSSR count). The average molecular weight is 303 g/mol. The SMILES string of the molecule is CS(=O)(=O)c1ccc2nc(-c3ccc(O)c(N)c3)[nH]c2c1. The first-order valence-electron chi connectivity index (χ1n) is 6.13. The Bertz CT molecular complexity index is 945. The van der Waals surface area contributed by atoms with Crippen LogP contribution in [-0.2, 0) is 9.84 Å². The summed E-state index contributed by atoms with van der Waals surface area (Å²) < 4.78 is 23.1. The van der Waals surface area contributed by atoms with Crippen LogP contribution in [0.4, 0.5) is 5.69 Å². The van der Waals surface area contributed by atoms with E-state index in [-0.39, 0.29) is 16.3 Å². The standard InChI is InChI=1S/C14H13N3O3S/c1-21(19,20)9-3-4-11-12(7-9)17-14(16-11)8-2-5-13(18)10(15)6-8/h2-7,18H,15H2,1H3,(H,16,17). The molecule has 2 aromatic carbocycles. The van der Waals surface area contributed by atoms with Crippen molar-refractivity contribution in [2.24, 2.45) is 0 Å².